The summed E-state index contributed by atoms with van der Waals surface area (Å²) in [6, 6.07) is 14.9. The van der Waals surface area contributed by atoms with E-state index in [1.54, 1.807) is 11.9 Å². The summed E-state index contributed by atoms with van der Waals surface area (Å²) in [5, 5.41) is 4.24. The van der Waals surface area contributed by atoms with Gasteiger partial charge in [-0.3, -0.25) is 18.8 Å². The molecule has 0 bridgehead atoms. The minimum absolute atomic E-state index is 0.192. The van der Waals surface area contributed by atoms with Crippen LogP contribution in [0.3, 0.4) is 0 Å². The van der Waals surface area contributed by atoms with Crippen molar-refractivity contribution in [2.24, 2.45) is 4.99 Å². The van der Waals surface area contributed by atoms with Crippen molar-refractivity contribution in [3.63, 3.8) is 0 Å². The van der Waals surface area contributed by atoms with E-state index < -0.39 is 5.54 Å². The van der Waals surface area contributed by atoms with Crippen LogP contribution < -0.4 is 4.08 Å². The Balaban J connectivity index is 1.44. The van der Waals surface area contributed by atoms with Gasteiger partial charge in [0.25, 0.3) is 5.91 Å². The summed E-state index contributed by atoms with van der Waals surface area (Å²) in [5.74, 6) is 2.76. The highest BCUT2D eigenvalue weighted by atomic mass is 32.2. The van der Waals surface area contributed by atoms with Crippen LogP contribution in [0.2, 0.25) is 0 Å². The number of unbranched alkanes of at least 4 members (excludes halogenated alkanes) is 1. The number of amidine groups is 1. The molecule has 1 aliphatic heterocycles. The van der Waals surface area contributed by atoms with E-state index in [9.17, 15) is 4.79 Å². The SMILES string of the molecule is CCCCC1=NC2(CCCC2)C(=O)N1Cc1ccc(-c2ccccc2SN(P)c2noc(C)c2C)c(COCC)c1. The molecule has 1 amide bonds. The molecule has 1 saturated carbocycles. The van der Waals surface area contributed by atoms with E-state index in [1.807, 2.05) is 29.7 Å². The number of benzene rings is 2. The number of amides is 1. The molecule has 0 saturated heterocycles. The standard InChI is InChI=1S/C32H41N4O3PS/c1-5-7-14-29-33-32(17-10-11-18-32)31(37)35(29)20-24-15-16-26(25(19-24)21-38-6-2)27-12-8-9-13-28(27)41-36(40)30-22(3)23(4)39-34-30/h8-9,12-13,15-16,19H,5-7,10-11,14,17-18,20-21,40H2,1-4H3. The van der Waals surface area contributed by atoms with Gasteiger partial charge in [0.1, 0.15) is 17.1 Å². The number of hydrogen-bond donors (Lipinski definition) is 0. The van der Waals surface area contributed by atoms with Crippen LogP contribution in [0.15, 0.2) is 56.9 Å². The summed E-state index contributed by atoms with van der Waals surface area (Å²) in [6.07, 6.45) is 6.90. The molecular formula is C32H41N4O3PS. The van der Waals surface area contributed by atoms with Gasteiger partial charge in [-0.2, -0.15) is 0 Å². The maximum absolute atomic E-state index is 13.7. The fourth-order valence-electron chi connectivity index (χ4n) is 5.75. The van der Waals surface area contributed by atoms with Gasteiger partial charge in [0.2, 0.25) is 0 Å². The molecule has 3 aromatic rings. The minimum atomic E-state index is -0.516. The molecule has 0 N–H and O–H groups in total. The molecule has 1 fully saturated rings. The normalized spacial score (nSPS) is 16.2. The monoisotopic (exact) mass is 592 g/mol. The van der Waals surface area contributed by atoms with Crippen molar-refractivity contribution in [1.29, 1.82) is 0 Å². The first-order valence-electron chi connectivity index (χ1n) is 14.7. The third kappa shape index (κ3) is 6.25. The fourth-order valence-corrected chi connectivity index (χ4v) is 7.22. The molecule has 5 rings (SSSR count). The third-order valence-corrected chi connectivity index (χ3v) is 9.65. The molecule has 41 heavy (non-hydrogen) atoms. The van der Waals surface area contributed by atoms with E-state index in [0.717, 1.165) is 95.1 Å². The van der Waals surface area contributed by atoms with Crippen LogP contribution in [0, 0.1) is 13.8 Å². The van der Waals surface area contributed by atoms with Gasteiger partial charge in [-0.1, -0.05) is 67.7 Å². The number of hydrogen-bond acceptors (Lipinski definition) is 7. The average Bonchev–Trinajstić information content (AvgIpc) is 3.66. The van der Waals surface area contributed by atoms with E-state index in [1.165, 1.54) is 0 Å². The molecule has 1 aliphatic carbocycles. The van der Waals surface area contributed by atoms with Gasteiger partial charge in [0.15, 0.2) is 5.82 Å². The maximum Gasteiger partial charge on any atom is 0.256 e. The number of aromatic nitrogens is 1. The molecular weight excluding hydrogens is 551 g/mol. The average molecular weight is 593 g/mol. The van der Waals surface area contributed by atoms with E-state index in [-0.39, 0.29) is 5.91 Å². The third-order valence-electron chi connectivity index (χ3n) is 8.17. The number of carbonyl (C=O) groups excluding carboxylic acids is 1. The Hall–Kier alpha value is -2.67. The van der Waals surface area contributed by atoms with Crippen molar-refractivity contribution < 1.29 is 14.1 Å². The summed E-state index contributed by atoms with van der Waals surface area (Å²) >= 11 is 1.59. The Morgan fingerprint density at radius 2 is 1.90 bits per heavy atom. The molecule has 0 radical (unpaired) electrons. The number of aryl methyl sites for hydroxylation is 1. The highest BCUT2D eigenvalue weighted by molar-refractivity contribution is 8.04. The maximum atomic E-state index is 13.7. The van der Waals surface area contributed by atoms with Crippen LogP contribution in [0.4, 0.5) is 5.82 Å². The smallest absolute Gasteiger partial charge is 0.256 e. The lowest BCUT2D eigenvalue weighted by Crippen LogP contribution is -2.40. The van der Waals surface area contributed by atoms with Crippen molar-refractivity contribution in [1.82, 2.24) is 10.1 Å². The topological polar surface area (TPSA) is 71.2 Å². The van der Waals surface area contributed by atoms with Crippen molar-refractivity contribution in [2.45, 2.75) is 96.2 Å². The fraction of sp³-hybridized carbons (Fsp3) is 0.469. The Kier molecular flexibility index (Phi) is 9.52. The number of aliphatic imine (C=N–C) groups is 1. The Bertz CT molecular complexity index is 1420. The Morgan fingerprint density at radius 1 is 1.12 bits per heavy atom. The first kappa shape index (κ1) is 29.8. The molecule has 1 unspecified atom stereocenters. The predicted molar refractivity (Wildman–Crippen MR) is 170 cm³/mol. The minimum Gasteiger partial charge on any atom is -0.377 e. The molecule has 2 aromatic carbocycles. The highest BCUT2D eigenvalue weighted by Gasteiger charge is 2.49. The van der Waals surface area contributed by atoms with Gasteiger partial charge < -0.3 is 9.26 Å². The quantitative estimate of drug-likeness (QED) is 0.157. The first-order valence-corrected chi connectivity index (χ1v) is 16.0. The zero-order chi connectivity index (χ0) is 29.0. The molecule has 218 valence electrons. The largest absolute Gasteiger partial charge is 0.377 e. The number of nitrogens with zero attached hydrogens (tertiary/aromatic N) is 4. The van der Waals surface area contributed by atoms with Gasteiger partial charge in [-0.25, -0.2) is 0 Å². The summed E-state index contributed by atoms with van der Waals surface area (Å²) in [4.78, 5) is 21.8. The molecule has 7 nitrogen and oxygen atoms in total. The number of anilines is 1. The molecule has 1 atom stereocenters. The highest BCUT2D eigenvalue weighted by Crippen LogP contribution is 2.42. The number of rotatable bonds is 12. The van der Waals surface area contributed by atoms with Crippen molar-refractivity contribution in [2.75, 3.05) is 10.7 Å². The van der Waals surface area contributed by atoms with Crippen LogP contribution in [0.1, 0.15) is 81.2 Å². The lowest BCUT2D eigenvalue weighted by molar-refractivity contribution is -0.131. The van der Waals surface area contributed by atoms with Crippen LogP contribution in [0.25, 0.3) is 11.1 Å². The second kappa shape index (κ2) is 13.1. The summed E-state index contributed by atoms with van der Waals surface area (Å²) in [7, 11) is 2.75. The number of carbonyl (C=O) groups is 1. The molecule has 2 aliphatic rings. The number of ether oxygens (including phenoxy) is 1. The zero-order valence-corrected chi connectivity index (χ0v) is 26.6. The lowest BCUT2D eigenvalue weighted by atomic mass is 9.96. The zero-order valence-electron chi connectivity index (χ0n) is 24.6. The van der Waals surface area contributed by atoms with Crippen molar-refractivity contribution in [3.05, 3.63) is 64.9 Å². The second-order valence-electron chi connectivity index (χ2n) is 11.0. The lowest BCUT2D eigenvalue weighted by Gasteiger charge is -2.23. The predicted octanol–water partition coefficient (Wildman–Crippen LogP) is 8.04. The van der Waals surface area contributed by atoms with Crippen molar-refractivity contribution >= 4 is 38.9 Å². The molecule has 1 spiro atoms. The molecule has 9 heteroatoms. The molecule has 2 heterocycles. The van der Waals surface area contributed by atoms with E-state index in [2.05, 4.69) is 63.9 Å². The Labute approximate surface area is 250 Å². The summed E-state index contributed by atoms with van der Waals surface area (Å²) in [5.41, 5.74) is 4.95. The van der Waals surface area contributed by atoms with E-state index >= 15 is 0 Å². The van der Waals surface area contributed by atoms with Gasteiger partial charge in [0, 0.05) is 23.5 Å². The van der Waals surface area contributed by atoms with Gasteiger partial charge in [0.05, 0.1) is 13.2 Å². The summed E-state index contributed by atoms with van der Waals surface area (Å²) < 4.78 is 13.3. The van der Waals surface area contributed by atoms with Crippen LogP contribution in [-0.2, 0) is 22.7 Å². The van der Waals surface area contributed by atoms with Gasteiger partial charge in [-0.05, 0) is 89.7 Å². The van der Waals surface area contributed by atoms with Crippen LogP contribution in [-0.4, -0.2) is 33.9 Å². The van der Waals surface area contributed by atoms with E-state index in [4.69, 9.17) is 14.3 Å². The first-order chi connectivity index (χ1) is 19.9. The molecule has 1 aromatic heterocycles. The van der Waals surface area contributed by atoms with Crippen LogP contribution >= 0.6 is 21.3 Å². The van der Waals surface area contributed by atoms with Crippen LogP contribution in [0.5, 0.6) is 0 Å². The van der Waals surface area contributed by atoms with Crippen molar-refractivity contribution in [3.8, 4) is 11.1 Å². The van der Waals surface area contributed by atoms with Gasteiger partial charge >= 0.3 is 0 Å². The Morgan fingerprint density at radius 3 is 2.61 bits per heavy atom. The second-order valence-corrected chi connectivity index (χ2v) is 12.9. The van der Waals surface area contributed by atoms with Gasteiger partial charge in [-0.15, -0.1) is 0 Å². The summed E-state index contributed by atoms with van der Waals surface area (Å²) in [6.45, 7) is 9.82. The van der Waals surface area contributed by atoms with E-state index in [0.29, 0.717) is 19.8 Å².